The van der Waals surface area contributed by atoms with Crippen molar-refractivity contribution in [3.8, 4) is 0 Å². The molecule has 0 bridgehead atoms. The second-order valence-electron chi connectivity index (χ2n) is 5.27. The Bertz CT molecular complexity index is 289. The number of carboxylic acids is 1. The van der Waals surface area contributed by atoms with Crippen molar-refractivity contribution in [1.29, 1.82) is 0 Å². The van der Waals surface area contributed by atoms with E-state index in [-0.39, 0.29) is 5.57 Å². The van der Waals surface area contributed by atoms with Crippen molar-refractivity contribution >= 4 is 5.97 Å². The Morgan fingerprint density at radius 2 is 1.71 bits per heavy atom. The highest BCUT2D eigenvalue weighted by molar-refractivity contribution is 5.86. The zero-order valence-electron chi connectivity index (χ0n) is 10.6. The van der Waals surface area contributed by atoms with Gasteiger partial charge in [0.05, 0.1) is 5.60 Å². The average molecular weight is 242 g/mol. The highest BCUT2D eigenvalue weighted by Crippen LogP contribution is 2.09. The first kappa shape index (κ1) is 14.2. The fourth-order valence-corrected chi connectivity index (χ4v) is 1.99. The summed E-state index contributed by atoms with van der Waals surface area (Å²) in [4.78, 5) is 14.9. The molecule has 1 saturated heterocycles. The van der Waals surface area contributed by atoms with E-state index >= 15 is 0 Å². The molecule has 0 aromatic rings. The van der Waals surface area contributed by atoms with Crippen LogP contribution in [0.1, 0.15) is 13.8 Å². The monoisotopic (exact) mass is 242 g/mol. The van der Waals surface area contributed by atoms with E-state index in [2.05, 4.69) is 16.4 Å². The maximum atomic E-state index is 10.7. The van der Waals surface area contributed by atoms with Crippen molar-refractivity contribution in [1.82, 2.24) is 9.80 Å². The lowest BCUT2D eigenvalue weighted by molar-refractivity contribution is -0.132. The summed E-state index contributed by atoms with van der Waals surface area (Å²) < 4.78 is 0. The van der Waals surface area contributed by atoms with Crippen molar-refractivity contribution in [3.63, 3.8) is 0 Å². The summed E-state index contributed by atoms with van der Waals surface area (Å²) in [5.74, 6) is -0.927. The summed E-state index contributed by atoms with van der Waals surface area (Å²) in [5.41, 5.74) is -0.437. The molecule has 0 unspecified atom stereocenters. The standard InChI is InChI=1S/C12H22N2O3/c1-10(11(15)16)8-13-4-6-14(7-5-13)9-12(2,3)17/h17H,1,4-9H2,2-3H3,(H,15,16). The number of carboxylic acid groups (broad SMARTS) is 1. The van der Waals surface area contributed by atoms with Crippen LogP contribution < -0.4 is 0 Å². The summed E-state index contributed by atoms with van der Waals surface area (Å²) in [7, 11) is 0. The van der Waals surface area contributed by atoms with Gasteiger partial charge in [-0.25, -0.2) is 4.79 Å². The van der Waals surface area contributed by atoms with Crippen LogP contribution in [0, 0.1) is 0 Å². The topological polar surface area (TPSA) is 64.0 Å². The number of β-amino-alcohol motifs (C(OH)–C–C–N with tert-alkyl or cyclic N) is 1. The minimum atomic E-state index is -0.927. The number of rotatable bonds is 5. The van der Waals surface area contributed by atoms with Gasteiger partial charge >= 0.3 is 5.97 Å². The van der Waals surface area contributed by atoms with E-state index in [1.807, 2.05) is 0 Å². The van der Waals surface area contributed by atoms with Gasteiger partial charge < -0.3 is 10.2 Å². The van der Waals surface area contributed by atoms with E-state index in [0.717, 1.165) is 26.2 Å². The third kappa shape index (κ3) is 5.30. The molecule has 2 N–H and O–H groups in total. The Hall–Kier alpha value is -0.910. The first-order valence-corrected chi connectivity index (χ1v) is 5.86. The molecule has 1 heterocycles. The molecule has 0 spiro atoms. The number of carbonyl (C=O) groups is 1. The minimum Gasteiger partial charge on any atom is -0.478 e. The Labute approximate surface area is 102 Å². The Morgan fingerprint density at radius 1 is 1.24 bits per heavy atom. The van der Waals surface area contributed by atoms with Gasteiger partial charge in [-0.05, 0) is 13.8 Å². The summed E-state index contributed by atoms with van der Waals surface area (Å²) in [6, 6.07) is 0. The van der Waals surface area contributed by atoms with Crippen molar-refractivity contribution in [2.75, 3.05) is 39.3 Å². The summed E-state index contributed by atoms with van der Waals surface area (Å²) in [6.45, 7) is 11.6. The van der Waals surface area contributed by atoms with E-state index in [0.29, 0.717) is 13.1 Å². The number of hydrogen-bond donors (Lipinski definition) is 2. The zero-order chi connectivity index (χ0) is 13.1. The molecule has 0 atom stereocenters. The largest absolute Gasteiger partial charge is 0.478 e. The third-order valence-electron chi connectivity index (χ3n) is 2.79. The van der Waals surface area contributed by atoms with Crippen LogP contribution in [0.15, 0.2) is 12.2 Å². The molecule has 1 rings (SSSR count). The average Bonchev–Trinajstić information content (AvgIpc) is 2.18. The van der Waals surface area contributed by atoms with E-state index in [1.54, 1.807) is 13.8 Å². The molecular formula is C12H22N2O3. The predicted octanol–water partition coefficient (Wildman–Crippen LogP) is 0.0157. The molecule has 1 aliphatic rings. The molecule has 5 heteroatoms. The molecule has 98 valence electrons. The van der Waals surface area contributed by atoms with Gasteiger partial charge in [-0.1, -0.05) is 6.58 Å². The molecule has 1 fully saturated rings. The van der Waals surface area contributed by atoms with E-state index in [1.165, 1.54) is 0 Å². The van der Waals surface area contributed by atoms with Crippen molar-refractivity contribution in [3.05, 3.63) is 12.2 Å². The van der Waals surface area contributed by atoms with Gasteiger partial charge in [0, 0.05) is 44.8 Å². The molecule has 0 radical (unpaired) electrons. The zero-order valence-corrected chi connectivity index (χ0v) is 10.6. The molecular weight excluding hydrogens is 220 g/mol. The van der Waals surface area contributed by atoms with Gasteiger partial charge in [0.2, 0.25) is 0 Å². The Kier molecular flexibility index (Phi) is 4.68. The van der Waals surface area contributed by atoms with E-state index < -0.39 is 11.6 Å². The highest BCUT2D eigenvalue weighted by atomic mass is 16.4. The van der Waals surface area contributed by atoms with Crippen LogP contribution in [0.2, 0.25) is 0 Å². The Morgan fingerprint density at radius 3 is 2.12 bits per heavy atom. The van der Waals surface area contributed by atoms with E-state index in [4.69, 9.17) is 5.11 Å². The number of piperazine rings is 1. The SMILES string of the molecule is C=C(CN1CCN(CC(C)(C)O)CC1)C(=O)O. The maximum Gasteiger partial charge on any atom is 0.332 e. The number of aliphatic carboxylic acids is 1. The number of nitrogens with zero attached hydrogens (tertiary/aromatic N) is 2. The summed E-state index contributed by atoms with van der Waals surface area (Å²) >= 11 is 0. The lowest BCUT2D eigenvalue weighted by atomic mass is 10.1. The van der Waals surface area contributed by atoms with Gasteiger partial charge in [-0.2, -0.15) is 0 Å². The highest BCUT2D eigenvalue weighted by Gasteiger charge is 2.23. The Balaban J connectivity index is 2.31. The van der Waals surface area contributed by atoms with Crippen LogP contribution in [0.4, 0.5) is 0 Å². The van der Waals surface area contributed by atoms with Crippen LogP contribution in [-0.4, -0.2) is 70.9 Å². The van der Waals surface area contributed by atoms with Gasteiger partial charge in [0.25, 0.3) is 0 Å². The smallest absolute Gasteiger partial charge is 0.332 e. The molecule has 1 aliphatic heterocycles. The van der Waals surface area contributed by atoms with Crippen molar-refractivity contribution < 1.29 is 15.0 Å². The van der Waals surface area contributed by atoms with Gasteiger partial charge in [-0.15, -0.1) is 0 Å². The quantitative estimate of drug-likeness (QED) is 0.665. The maximum absolute atomic E-state index is 10.7. The van der Waals surface area contributed by atoms with Crippen LogP contribution in [0.5, 0.6) is 0 Å². The minimum absolute atomic E-state index is 0.237. The van der Waals surface area contributed by atoms with Crippen LogP contribution in [0.3, 0.4) is 0 Å². The third-order valence-corrected chi connectivity index (χ3v) is 2.79. The predicted molar refractivity (Wildman–Crippen MR) is 66.0 cm³/mol. The van der Waals surface area contributed by atoms with Crippen molar-refractivity contribution in [2.24, 2.45) is 0 Å². The summed E-state index contributed by atoms with van der Waals surface area (Å²) in [5, 5.41) is 18.5. The number of hydrogen-bond acceptors (Lipinski definition) is 4. The first-order valence-electron chi connectivity index (χ1n) is 5.86. The van der Waals surface area contributed by atoms with Gasteiger partial charge in [0.1, 0.15) is 0 Å². The second-order valence-corrected chi connectivity index (χ2v) is 5.27. The lowest BCUT2D eigenvalue weighted by Crippen LogP contribution is -2.50. The number of aliphatic hydroxyl groups is 1. The molecule has 0 aliphatic carbocycles. The summed E-state index contributed by atoms with van der Waals surface area (Å²) in [6.07, 6.45) is 0. The van der Waals surface area contributed by atoms with Crippen LogP contribution in [-0.2, 0) is 4.79 Å². The molecule has 5 nitrogen and oxygen atoms in total. The molecule has 17 heavy (non-hydrogen) atoms. The molecule has 0 aromatic heterocycles. The molecule has 0 amide bonds. The van der Waals surface area contributed by atoms with Gasteiger partial charge in [0.15, 0.2) is 0 Å². The second kappa shape index (κ2) is 5.62. The van der Waals surface area contributed by atoms with Crippen LogP contribution in [0.25, 0.3) is 0 Å². The van der Waals surface area contributed by atoms with Crippen molar-refractivity contribution in [2.45, 2.75) is 19.4 Å². The fraction of sp³-hybridized carbons (Fsp3) is 0.750. The lowest BCUT2D eigenvalue weighted by Gasteiger charge is -2.37. The van der Waals surface area contributed by atoms with Gasteiger partial charge in [-0.3, -0.25) is 9.80 Å². The van der Waals surface area contributed by atoms with Crippen LogP contribution >= 0.6 is 0 Å². The first-order chi connectivity index (χ1) is 7.78. The molecule has 0 aromatic carbocycles. The fourth-order valence-electron chi connectivity index (χ4n) is 1.99. The van der Waals surface area contributed by atoms with E-state index in [9.17, 15) is 9.90 Å². The molecule has 0 saturated carbocycles. The normalized spacial score (nSPS) is 19.2.